The Morgan fingerprint density at radius 3 is 2.39 bits per heavy atom. The molecule has 1 rings (SSSR count). The van der Waals surface area contributed by atoms with Crippen LogP contribution in [0.3, 0.4) is 0 Å². The first-order chi connectivity index (χ1) is 8.20. The molecule has 1 aromatic carbocycles. The standard InChI is InChI=1S/C12H20N2O3S/c1-7-5-8(2)12(10(4)11(7)13)18(16,17)14-9(3)6-15/h5,9,14-15H,6,13H2,1-4H3/t9-/m1/s1. The van der Waals surface area contributed by atoms with Crippen LogP contribution >= 0.6 is 0 Å². The van der Waals surface area contributed by atoms with E-state index in [4.69, 9.17) is 10.8 Å². The molecule has 0 unspecified atom stereocenters. The van der Waals surface area contributed by atoms with Crippen molar-refractivity contribution in [1.82, 2.24) is 4.72 Å². The minimum absolute atomic E-state index is 0.200. The van der Waals surface area contributed by atoms with E-state index >= 15 is 0 Å². The molecule has 0 saturated carbocycles. The Morgan fingerprint density at radius 1 is 1.33 bits per heavy atom. The fourth-order valence-electron chi connectivity index (χ4n) is 1.96. The lowest BCUT2D eigenvalue weighted by Crippen LogP contribution is -2.35. The number of sulfonamides is 1. The molecule has 0 aliphatic carbocycles. The van der Waals surface area contributed by atoms with Crippen LogP contribution in [0.4, 0.5) is 5.69 Å². The minimum atomic E-state index is -3.66. The van der Waals surface area contributed by atoms with E-state index in [1.807, 2.05) is 6.92 Å². The first-order valence-corrected chi connectivity index (χ1v) is 7.18. The van der Waals surface area contributed by atoms with Crippen molar-refractivity contribution >= 4 is 15.7 Å². The monoisotopic (exact) mass is 272 g/mol. The van der Waals surface area contributed by atoms with E-state index in [-0.39, 0.29) is 11.5 Å². The molecule has 0 spiro atoms. The lowest BCUT2D eigenvalue weighted by atomic mass is 10.1. The van der Waals surface area contributed by atoms with Gasteiger partial charge in [-0.1, -0.05) is 6.07 Å². The third-order valence-corrected chi connectivity index (χ3v) is 4.74. The largest absolute Gasteiger partial charge is 0.398 e. The summed E-state index contributed by atoms with van der Waals surface area (Å²) >= 11 is 0. The molecule has 1 atom stereocenters. The molecule has 0 aliphatic rings. The molecule has 0 aromatic heterocycles. The van der Waals surface area contributed by atoms with Gasteiger partial charge in [-0.2, -0.15) is 0 Å². The molecule has 5 nitrogen and oxygen atoms in total. The zero-order valence-corrected chi connectivity index (χ0v) is 11.9. The molecule has 0 aliphatic heterocycles. The highest BCUT2D eigenvalue weighted by Crippen LogP contribution is 2.27. The number of benzene rings is 1. The van der Waals surface area contributed by atoms with Gasteiger partial charge < -0.3 is 10.8 Å². The van der Waals surface area contributed by atoms with Gasteiger partial charge in [-0.15, -0.1) is 0 Å². The molecule has 0 heterocycles. The molecule has 0 bridgehead atoms. The van der Waals surface area contributed by atoms with Gasteiger partial charge >= 0.3 is 0 Å². The normalized spacial score (nSPS) is 13.6. The van der Waals surface area contributed by atoms with Crippen LogP contribution < -0.4 is 10.5 Å². The summed E-state index contributed by atoms with van der Waals surface area (Å²) in [6, 6.07) is 1.22. The number of aliphatic hydroxyl groups excluding tert-OH is 1. The van der Waals surface area contributed by atoms with E-state index in [0.717, 1.165) is 5.56 Å². The average Bonchev–Trinajstić information content (AvgIpc) is 2.24. The topological polar surface area (TPSA) is 92.4 Å². The molecule has 1 aromatic rings. The van der Waals surface area contributed by atoms with Crippen molar-refractivity contribution in [1.29, 1.82) is 0 Å². The summed E-state index contributed by atoms with van der Waals surface area (Å²) in [5, 5.41) is 8.93. The first-order valence-electron chi connectivity index (χ1n) is 5.70. The number of hydrogen-bond acceptors (Lipinski definition) is 4. The van der Waals surface area contributed by atoms with Crippen molar-refractivity contribution in [2.24, 2.45) is 0 Å². The van der Waals surface area contributed by atoms with Crippen LogP contribution in [0.5, 0.6) is 0 Å². The van der Waals surface area contributed by atoms with Crippen LogP contribution in [0.1, 0.15) is 23.6 Å². The molecule has 18 heavy (non-hydrogen) atoms. The molecule has 0 radical (unpaired) electrons. The SMILES string of the molecule is Cc1cc(C)c(S(=O)(=O)N[C@H](C)CO)c(C)c1N. The zero-order chi connectivity index (χ0) is 14.1. The van der Waals surface area contributed by atoms with Crippen LogP contribution in [-0.2, 0) is 10.0 Å². The highest BCUT2D eigenvalue weighted by Gasteiger charge is 2.23. The Morgan fingerprint density at radius 2 is 1.89 bits per heavy atom. The summed E-state index contributed by atoms with van der Waals surface area (Å²) in [7, 11) is -3.66. The highest BCUT2D eigenvalue weighted by molar-refractivity contribution is 7.89. The van der Waals surface area contributed by atoms with Gasteiger partial charge in [0, 0.05) is 11.7 Å². The third kappa shape index (κ3) is 2.82. The van der Waals surface area contributed by atoms with E-state index in [1.54, 1.807) is 26.8 Å². The van der Waals surface area contributed by atoms with Gasteiger partial charge in [0.25, 0.3) is 0 Å². The van der Waals surface area contributed by atoms with Crippen LogP contribution in [-0.4, -0.2) is 26.2 Å². The molecule has 0 amide bonds. The minimum Gasteiger partial charge on any atom is -0.398 e. The molecular formula is C12H20N2O3S. The summed E-state index contributed by atoms with van der Waals surface area (Å²) in [4.78, 5) is 0.200. The summed E-state index contributed by atoms with van der Waals surface area (Å²) in [6.45, 7) is 6.61. The summed E-state index contributed by atoms with van der Waals surface area (Å²) in [5.41, 5.74) is 8.41. The van der Waals surface area contributed by atoms with Crippen molar-refractivity contribution < 1.29 is 13.5 Å². The van der Waals surface area contributed by atoms with E-state index in [1.165, 1.54) is 0 Å². The predicted molar refractivity (Wildman–Crippen MR) is 71.9 cm³/mol. The van der Waals surface area contributed by atoms with Crippen molar-refractivity contribution in [3.05, 3.63) is 22.8 Å². The maximum Gasteiger partial charge on any atom is 0.241 e. The molecule has 102 valence electrons. The van der Waals surface area contributed by atoms with Crippen molar-refractivity contribution in [2.75, 3.05) is 12.3 Å². The third-order valence-electron chi connectivity index (χ3n) is 2.86. The van der Waals surface area contributed by atoms with Gasteiger partial charge in [0.1, 0.15) is 0 Å². The number of aryl methyl sites for hydroxylation is 2. The number of hydrogen-bond donors (Lipinski definition) is 3. The Balaban J connectivity index is 3.38. The quantitative estimate of drug-likeness (QED) is 0.709. The van der Waals surface area contributed by atoms with Crippen LogP contribution in [0, 0.1) is 20.8 Å². The molecule has 0 fully saturated rings. The van der Waals surface area contributed by atoms with Crippen molar-refractivity contribution in [3.8, 4) is 0 Å². The molecule has 6 heteroatoms. The van der Waals surface area contributed by atoms with Crippen LogP contribution in [0.25, 0.3) is 0 Å². The van der Waals surface area contributed by atoms with Gasteiger partial charge in [0.05, 0.1) is 11.5 Å². The van der Waals surface area contributed by atoms with E-state index in [0.29, 0.717) is 16.8 Å². The lowest BCUT2D eigenvalue weighted by Gasteiger charge is -2.17. The van der Waals surface area contributed by atoms with Crippen LogP contribution in [0.2, 0.25) is 0 Å². The number of rotatable bonds is 4. The Labute approximate surface area is 108 Å². The number of aliphatic hydroxyl groups is 1. The van der Waals surface area contributed by atoms with Crippen molar-refractivity contribution in [2.45, 2.75) is 38.6 Å². The Kier molecular flexibility index (Phi) is 4.37. The summed E-state index contributed by atoms with van der Waals surface area (Å²) in [6.07, 6.45) is 0. The predicted octanol–water partition coefficient (Wildman–Crippen LogP) is 0.853. The number of nitrogen functional groups attached to an aromatic ring is 1. The van der Waals surface area contributed by atoms with Crippen LogP contribution in [0.15, 0.2) is 11.0 Å². The van der Waals surface area contributed by atoms with Gasteiger partial charge in [-0.3, -0.25) is 0 Å². The van der Waals surface area contributed by atoms with Gasteiger partial charge in [0.2, 0.25) is 10.0 Å². The maximum atomic E-state index is 12.2. The fraction of sp³-hybridized carbons (Fsp3) is 0.500. The highest BCUT2D eigenvalue weighted by atomic mass is 32.2. The second-order valence-electron chi connectivity index (χ2n) is 4.58. The molecule has 0 saturated heterocycles. The second kappa shape index (κ2) is 5.26. The zero-order valence-electron chi connectivity index (χ0n) is 11.1. The van der Waals surface area contributed by atoms with Crippen molar-refractivity contribution in [3.63, 3.8) is 0 Å². The van der Waals surface area contributed by atoms with E-state index in [2.05, 4.69) is 4.72 Å². The summed E-state index contributed by atoms with van der Waals surface area (Å²) < 4.78 is 26.9. The molecular weight excluding hydrogens is 252 g/mol. The van der Waals surface area contributed by atoms with Gasteiger partial charge in [-0.25, -0.2) is 13.1 Å². The summed E-state index contributed by atoms with van der Waals surface area (Å²) in [5.74, 6) is 0. The first kappa shape index (κ1) is 14.9. The fourth-order valence-corrected chi connectivity index (χ4v) is 3.67. The number of nitrogens with two attached hydrogens (primary N) is 1. The maximum absolute atomic E-state index is 12.2. The average molecular weight is 272 g/mol. The van der Waals surface area contributed by atoms with E-state index in [9.17, 15) is 8.42 Å². The lowest BCUT2D eigenvalue weighted by molar-refractivity contribution is 0.265. The van der Waals surface area contributed by atoms with Gasteiger partial charge in [-0.05, 0) is 44.4 Å². The smallest absolute Gasteiger partial charge is 0.241 e. The van der Waals surface area contributed by atoms with E-state index < -0.39 is 16.1 Å². The van der Waals surface area contributed by atoms with Gasteiger partial charge in [0.15, 0.2) is 0 Å². The number of anilines is 1. The second-order valence-corrected chi connectivity index (χ2v) is 6.23. The number of nitrogens with one attached hydrogen (secondary N) is 1. The molecule has 4 N–H and O–H groups in total. The Bertz CT molecular complexity index is 553. The Hall–Kier alpha value is -1.11.